The molecule has 0 aliphatic carbocycles. The van der Waals surface area contributed by atoms with Crippen LogP contribution in [0.25, 0.3) is 0 Å². The third kappa shape index (κ3) is 8.48. The van der Waals surface area contributed by atoms with Crippen LogP contribution in [0, 0.1) is 0 Å². The zero-order valence-electron chi connectivity index (χ0n) is 8.65. The van der Waals surface area contributed by atoms with Crippen molar-refractivity contribution in [2.24, 2.45) is 5.73 Å². The first-order chi connectivity index (χ1) is 6.85. The van der Waals surface area contributed by atoms with Crippen LogP contribution in [-0.2, 0) is 6.54 Å². The van der Waals surface area contributed by atoms with E-state index < -0.39 is 0 Å². The third-order valence-electron chi connectivity index (χ3n) is 1.67. The van der Waals surface area contributed by atoms with E-state index in [1.54, 1.807) is 10.8 Å². The second-order valence-electron chi connectivity index (χ2n) is 2.88. The van der Waals surface area contributed by atoms with Crippen LogP contribution in [-0.4, -0.2) is 5.75 Å². The molecule has 0 amide bonds. The third-order valence-corrected chi connectivity index (χ3v) is 2.69. The molecule has 1 rings (SSSR count). The van der Waals surface area contributed by atoms with Crippen LogP contribution in [0.3, 0.4) is 0 Å². The molecule has 0 aliphatic rings. The normalized spacial score (nSPS) is 9.07. The second kappa shape index (κ2) is 11.0. The fourth-order valence-corrected chi connectivity index (χ4v) is 1.63. The molecule has 0 aromatic heterocycles. The summed E-state index contributed by atoms with van der Waals surface area (Å²) in [5.41, 5.74) is 6.54. The van der Waals surface area contributed by atoms with Crippen molar-refractivity contribution in [3.8, 4) is 0 Å². The highest BCUT2D eigenvalue weighted by molar-refractivity contribution is 8.68. The van der Waals surface area contributed by atoms with Crippen molar-refractivity contribution in [1.29, 1.82) is 0 Å². The molecule has 0 unspecified atom stereocenters. The van der Waals surface area contributed by atoms with Crippen molar-refractivity contribution in [3.63, 3.8) is 0 Å². The highest BCUT2D eigenvalue weighted by Gasteiger charge is 1.80. The summed E-state index contributed by atoms with van der Waals surface area (Å²) in [4.78, 5) is 0. The second-order valence-corrected chi connectivity index (χ2v) is 4.32. The smallest absolute Gasteiger partial charge is 0.0178 e. The largest absolute Gasteiger partial charge is 0.326 e. The Labute approximate surface area is 96.3 Å². The molecule has 0 aliphatic heterocycles. The molecule has 3 heteroatoms. The zero-order chi connectivity index (χ0) is 10.6. The number of benzene rings is 1. The van der Waals surface area contributed by atoms with Gasteiger partial charge in [0.25, 0.3) is 0 Å². The topological polar surface area (TPSA) is 26.0 Å². The standard InChI is InChI=1S/C7H9N.C4H10S2/c8-6-7-4-2-1-3-5-7;1-2-3-4-6-5/h1-5H,6,8H2;5H,2-4H2,1H3. The van der Waals surface area contributed by atoms with Gasteiger partial charge in [-0.2, -0.15) is 0 Å². The van der Waals surface area contributed by atoms with Gasteiger partial charge in [-0.05, 0) is 12.0 Å². The number of unbranched alkanes of at least 4 members (excludes halogenated alkanes) is 1. The Bertz CT molecular complexity index is 198. The summed E-state index contributed by atoms with van der Waals surface area (Å²) in [6.07, 6.45) is 2.59. The average Bonchev–Trinajstić information content (AvgIpc) is 2.28. The molecular formula is C11H19NS2. The van der Waals surface area contributed by atoms with E-state index in [0.717, 1.165) is 0 Å². The van der Waals surface area contributed by atoms with Gasteiger partial charge in [-0.15, -0.1) is 11.7 Å². The summed E-state index contributed by atoms with van der Waals surface area (Å²) in [6, 6.07) is 9.99. The van der Waals surface area contributed by atoms with E-state index in [1.807, 2.05) is 30.3 Å². The van der Waals surface area contributed by atoms with Crippen LogP contribution < -0.4 is 5.73 Å². The Morgan fingerprint density at radius 2 is 1.93 bits per heavy atom. The minimum Gasteiger partial charge on any atom is -0.326 e. The van der Waals surface area contributed by atoms with Crippen molar-refractivity contribution in [2.75, 3.05) is 5.75 Å². The maximum absolute atomic E-state index is 5.35. The van der Waals surface area contributed by atoms with Gasteiger partial charge in [0.15, 0.2) is 0 Å². The molecule has 2 N–H and O–H groups in total. The van der Waals surface area contributed by atoms with Gasteiger partial charge in [-0.25, -0.2) is 0 Å². The molecule has 0 heterocycles. The van der Waals surface area contributed by atoms with Gasteiger partial charge < -0.3 is 5.73 Å². The summed E-state index contributed by atoms with van der Waals surface area (Å²) in [5.74, 6) is 1.19. The van der Waals surface area contributed by atoms with E-state index in [4.69, 9.17) is 5.73 Å². The van der Waals surface area contributed by atoms with E-state index >= 15 is 0 Å². The summed E-state index contributed by atoms with van der Waals surface area (Å²) >= 11 is 3.97. The van der Waals surface area contributed by atoms with E-state index in [2.05, 4.69) is 18.6 Å². The van der Waals surface area contributed by atoms with Crippen molar-refractivity contribution in [2.45, 2.75) is 26.3 Å². The molecule has 1 nitrogen and oxygen atoms in total. The Kier molecular flexibility index (Phi) is 10.9. The SMILES string of the molecule is CCCCSS.NCc1ccccc1. The van der Waals surface area contributed by atoms with Gasteiger partial charge in [0.2, 0.25) is 0 Å². The predicted molar refractivity (Wildman–Crippen MR) is 70.7 cm³/mol. The van der Waals surface area contributed by atoms with E-state index in [9.17, 15) is 0 Å². The summed E-state index contributed by atoms with van der Waals surface area (Å²) in [7, 11) is 1.62. The van der Waals surface area contributed by atoms with Gasteiger partial charge in [-0.3, -0.25) is 0 Å². The first kappa shape index (κ1) is 13.9. The average molecular weight is 229 g/mol. The van der Waals surface area contributed by atoms with Gasteiger partial charge in [0, 0.05) is 12.3 Å². The Morgan fingerprint density at radius 1 is 1.29 bits per heavy atom. The summed E-state index contributed by atoms with van der Waals surface area (Å²) < 4.78 is 0. The van der Waals surface area contributed by atoms with Gasteiger partial charge >= 0.3 is 0 Å². The minimum atomic E-state index is 0.640. The predicted octanol–water partition coefficient (Wildman–Crippen LogP) is 3.51. The molecule has 14 heavy (non-hydrogen) atoms. The van der Waals surface area contributed by atoms with Gasteiger partial charge in [0.05, 0.1) is 0 Å². The Hall–Kier alpha value is -0.120. The van der Waals surface area contributed by atoms with Crippen molar-refractivity contribution in [1.82, 2.24) is 0 Å². The molecular weight excluding hydrogens is 210 g/mol. The number of nitrogens with two attached hydrogens (primary N) is 1. The van der Waals surface area contributed by atoms with Gasteiger partial charge in [-0.1, -0.05) is 54.5 Å². The number of hydrogen-bond acceptors (Lipinski definition) is 3. The van der Waals surface area contributed by atoms with Crippen molar-refractivity contribution in [3.05, 3.63) is 35.9 Å². The highest BCUT2D eigenvalue weighted by Crippen LogP contribution is 2.06. The maximum atomic E-state index is 5.35. The first-order valence-corrected chi connectivity index (χ1v) is 6.89. The Morgan fingerprint density at radius 3 is 2.21 bits per heavy atom. The number of hydrogen-bond donors (Lipinski definition) is 2. The van der Waals surface area contributed by atoms with E-state index in [-0.39, 0.29) is 0 Å². The van der Waals surface area contributed by atoms with Crippen LogP contribution in [0.5, 0.6) is 0 Å². The molecule has 0 saturated heterocycles. The van der Waals surface area contributed by atoms with Crippen molar-refractivity contribution >= 4 is 22.5 Å². The molecule has 0 saturated carbocycles. The molecule has 1 aromatic carbocycles. The fourth-order valence-electron chi connectivity index (χ4n) is 0.823. The summed E-state index contributed by atoms with van der Waals surface area (Å²) in [6.45, 7) is 2.82. The molecule has 80 valence electrons. The number of rotatable bonds is 4. The van der Waals surface area contributed by atoms with Crippen LogP contribution in [0.1, 0.15) is 25.3 Å². The van der Waals surface area contributed by atoms with Crippen molar-refractivity contribution < 1.29 is 0 Å². The zero-order valence-corrected chi connectivity index (χ0v) is 10.4. The highest BCUT2D eigenvalue weighted by atomic mass is 33.1. The molecule has 0 spiro atoms. The minimum absolute atomic E-state index is 0.640. The quantitative estimate of drug-likeness (QED) is 0.469. The van der Waals surface area contributed by atoms with Crippen LogP contribution in [0.4, 0.5) is 0 Å². The van der Waals surface area contributed by atoms with Crippen LogP contribution in [0.2, 0.25) is 0 Å². The van der Waals surface area contributed by atoms with E-state index in [0.29, 0.717) is 6.54 Å². The monoisotopic (exact) mass is 229 g/mol. The maximum Gasteiger partial charge on any atom is 0.0178 e. The molecule has 0 bridgehead atoms. The lowest BCUT2D eigenvalue weighted by Crippen LogP contribution is -1.94. The fraction of sp³-hybridized carbons (Fsp3) is 0.455. The Balaban J connectivity index is 0.000000255. The molecule has 0 fully saturated rings. The lowest BCUT2D eigenvalue weighted by Gasteiger charge is -1.90. The first-order valence-electron chi connectivity index (χ1n) is 4.85. The molecule has 0 atom stereocenters. The van der Waals surface area contributed by atoms with Gasteiger partial charge in [0.1, 0.15) is 0 Å². The van der Waals surface area contributed by atoms with E-state index in [1.165, 1.54) is 24.2 Å². The van der Waals surface area contributed by atoms with Crippen LogP contribution in [0.15, 0.2) is 30.3 Å². The van der Waals surface area contributed by atoms with Crippen LogP contribution >= 0.6 is 22.5 Å². The number of thiol groups is 1. The summed E-state index contributed by atoms with van der Waals surface area (Å²) in [5, 5.41) is 0. The molecule has 0 radical (unpaired) electrons. The lowest BCUT2D eigenvalue weighted by molar-refractivity contribution is 0.898. The molecule has 1 aromatic rings. The lowest BCUT2D eigenvalue weighted by atomic mass is 10.2.